The van der Waals surface area contributed by atoms with Crippen molar-refractivity contribution in [3.8, 4) is 0 Å². The molecule has 1 aromatic heterocycles. The van der Waals surface area contributed by atoms with Gasteiger partial charge in [0.15, 0.2) is 0 Å². The third-order valence-electron chi connectivity index (χ3n) is 9.08. The van der Waals surface area contributed by atoms with Crippen molar-refractivity contribution >= 4 is 34.2 Å². The largest absolute Gasteiger partial charge is 0.300 e. The molecule has 0 bridgehead atoms. The van der Waals surface area contributed by atoms with Crippen molar-refractivity contribution in [1.82, 2.24) is 20.0 Å². The van der Waals surface area contributed by atoms with E-state index in [1.807, 2.05) is 36.5 Å². The summed E-state index contributed by atoms with van der Waals surface area (Å²) < 4.78 is 16.6. The van der Waals surface area contributed by atoms with Crippen molar-refractivity contribution in [3.05, 3.63) is 59.4 Å². The molecule has 3 aliphatic heterocycles. The molecular formula is C30H32FN5O3. The highest BCUT2D eigenvalue weighted by Gasteiger charge is 2.41. The monoisotopic (exact) mass is 529 g/mol. The van der Waals surface area contributed by atoms with Crippen LogP contribution in [0.3, 0.4) is 0 Å². The van der Waals surface area contributed by atoms with Crippen molar-refractivity contribution in [2.75, 3.05) is 24.5 Å². The van der Waals surface area contributed by atoms with E-state index < -0.39 is 17.6 Å². The van der Waals surface area contributed by atoms with Crippen LogP contribution in [0, 0.1) is 0 Å². The zero-order valence-corrected chi connectivity index (χ0v) is 21.9. The number of aromatic nitrogens is 2. The average molecular weight is 530 g/mol. The van der Waals surface area contributed by atoms with Crippen LogP contribution in [-0.4, -0.2) is 63.7 Å². The Labute approximate surface area is 226 Å². The van der Waals surface area contributed by atoms with Crippen molar-refractivity contribution in [1.29, 1.82) is 0 Å². The van der Waals surface area contributed by atoms with Crippen LogP contribution in [-0.2, 0) is 16.0 Å². The van der Waals surface area contributed by atoms with E-state index in [2.05, 4.69) is 26.2 Å². The van der Waals surface area contributed by atoms with Gasteiger partial charge in [-0.15, -0.1) is 0 Å². The Morgan fingerprint density at radius 1 is 1.05 bits per heavy atom. The number of carbonyl (C=O) groups excluding carboxylic acids is 3. The van der Waals surface area contributed by atoms with Gasteiger partial charge >= 0.3 is 0 Å². The summed E-state index contributed by atoms with van der Waals surface area (Å²) in [5.41, 5.74) is 2.55. The molecule has 39 heavy (non-hydrogen) atoms. The molecule has 1 aliphatic carbocycles. The number of benzene rings is 2. The van der Waals surface area contributed by atoms with Gasteiger partial charge in [0.1, 0.15) is 11.7 Å². The molecule has 3 amide bonds. The van der Waals surface area contributed by atoms with Crippen LogP contribution >= 0.6 is 0 Å². The number of piperidine rings is 2. The van der Waals surface area contributed by atoms with Gasteiger partial charge in [-0.1, -0.05) is 18.2 Å². The number of nitrogens with one attached hydrogen (secondary N) is 1. The fourth-order valence-corrected chi connectivity index (χ4v) is 6.81. The molecule has 1 saturated carbocycles. The lowest BCUT2D eigenvalue weighted by atomic mass is 9.81. The van der Waals surface area contributed by atoms with Crippen molar-refractivity contribution in [2.24, 2.45) is 0 Å². The van der Waals surface area contributed by atoms with E-state index in [1.165, 1.54) is 0 Å². The molecule has 2 saturated heterocycles. The summed E-state index contributed by atoms with van der Waals surface area (Å²) in [4.78, 5) is 41.5. The van der Waals surface area contributed by atoms with Gasteiger partial charge in [-0.05, 0) is 67.2 Å². The number of anilines is 1. The Morgan fingerprint density at radius 3 is 2.62 bits per heavy atom. The lowest BCUT2D eigenvalue weighted by Crippen LogP contribution is -2.53. The number of imide groups is 1. The first-order valence-electron chi connectivity index (χ1n) is 14.0. The first-order chi connectivity index (χ1) is 18.9. The molecule has 1 atom stereocenters. The zero-order chi connectivity index (χ0) is 26.7. The third-order valence-corrected chi connectivity index (χ3v) is 9.08. The van der Waals surface area contributed by atoms with E-state index in [9.17, 15) is 18.8 Å². The van der Waals surface area contributed by atoms with Gasteiger partial charge in [-0.3, -0.25) is 29.3 Å². The lowest BCUT2D eigenvalue weighted by molar-refractivity contribution is -0.134. The number of nitrogens with zero attached hydrogens (tertiary/aromatic N) is 4. The third kappa shape index (κ3) is 4.23. The number of carbonyl (C=O) groups is 3. The molecule has 4 heterocycles. The summed E-state index contributed by atoms with van der Waals surface area (Å²) in [6, 6.07) is 9.31. The number of hydrogen-bond acceptors (Lipinski definition) is 5. The highest BCUT2D eigenvalue weighted by atomic mass is 19.1. The molecule has 2 aromatic carbocycles. The molecule has 3 aromatic rings. The van der Waals surface area contributed by atoms with E-state index in [0.29, 0.717) is 43.8 Å². The maximum Gasteiger partial charge on any atom is 0.259 e. The minimum Gasteiger partial charge on any atom is -0.300 e. The minimum absolute atomic E-state index is 0.197. The SMILES string of the molecule is O=C1CCC(N2C(=O)c3cccc4c(Cc5cnn(C6CCN(CC7(F)CCC7)CC6)c5)ccc2c34)C(=O)N1. The Kier molecular flexibility index (Phi) is 5.80. The maximum absolute atomic E-state index is 14.5. The van der Waals surface area contributed by atoms with Gasteiger partial charge in [-0.2, -0.15) is 5.10 Å². The van der Waals surface area contributed by atoms with Crippen molar-refractivity contribution < 1.29 is 18.8 Å². The second-order valence-corrected chi connectivity index (χ2v) is 11.6. The molecular weight excluding hydrogens is 497 g/mol. The number of alkyl halides is 1. The van der Waals surface area contributed by atoms with Gasteiger partial charge in [0, 0.05) is 49.6 Å². The number of amides is 3. The molecule has 9 heteroatoms. The summed E-state index contributed by atoms with van der Waals surface area (Å²) in [5, 5.41) is 8.91. The van der Waals surface area contributed by atoms with Crippen LogP contribution in [0.5, 0.6) is 0 Å². The standard InChI is InChI=1S/C30H32FN5O3/c31-30(11-2-12-30)18-34-13-9-21(10-14-34)35-17-19(16-32-35)15-20-5-6-24-27-22(20)3-1-4-23(27)29(39)36(24)25-7-8-26(37)33-28(25)38/h1,3-6,16-17,21,25H,2,7-15,18H2,(H,33,37,38). The zero-order valence-electron chi connectivity index (χ0n) is 21.9. The van der Waals surface area contributed by atoms with Crippen LogP contribution in [0.15, 0.2) is 42.7 Å². The highest BCUT2D eigenvalue weighted by Crippen LogP contribution is 2.41. The number of halogens is 1. The van der Waals surface area contributed by atoms with E-state index in [1.54, 1.807) is 4.90 Å². The van der Waals surface area contributed by atoms with Gasteiger partial charge in [-0.25, -0.2) is 4.39 Å². The summed E-state index contributed by atoms with van der Waals surface area (Å²) in [6.07, 6.45) is 9.61. The van der Waals surface area contributed by atoms with Crippen molar-refractivity contribution in [2.45, 2.75) is 69.1 Å². The highest BCUT2D eigenvalue weighted by molar-refractivity contribution is 6.27. The molecule has 202 valence electrons. The Balaban J connectivity index is 1.09. The van der Waals surface area contributed by atoms with E-state index in [0.717, 1.165) is 59.9 Å². The summed E-state index contributed by atoms with van der Waals surface area (Å²) in [6.45, 7) is 2.37. The van der Waals surface area contributed by atoms with Gasteiger partial charge in [0.2, 0.25) is 11.8 Å². The molecule has 7 rings (SSSR count). The van der Waals surface area contributed by atoms with E-state index in [-0.39, 0.29) is 18.2 Å². The Bertz CT molecular complexity index is 1490. The topological polar surface area (TPSA) is 87.5 Å². The van der Waals surface area contributed by atoms with Crippen LogP contribution in [0.2, 0.25) is 0 Å². The van der Waals surface area contributed by atoms with Gasteiger partial charge in [0.05, 0.1) is 17.9 Å². The summed E-state index contributed by atoms with van der Waals surface area (Å²) >= 11 is 0. The van der Waals surface area contributed by atoms with Crippen LogP contribution in [0.25, 0.3) is 10.8 Å². The maximum atomic E-state index is 14.5. The Morgan fingerprint density at radius 2 is 1.87 bits per heavy atom. The minimum atomic E-state index is -0.963. The molecule has 0 spiro atoms. The number of hydrogen-bond donors (Lipinski definition) is 1. The second-order valence-electron chi connectivity index (χ2n) is 11.6. The number of rotatable bonds is 6. The van der Waals surface area contributed by atoms with Crippen LogP contribution in [0.4, 0.5) is 10.1 Å². The molecule has 0 radical (unpaired) electrons. The van der Waals surface area contributed by atoms with Gasteiger partial charge in [0.25, 0.3) is 5.91 Å². The first-order valence-corrected chi connectivity index (χ1v) is 14.0. The molecule has 8 nitrogen and oxygen atoms in total. The lowest BCUT2D eigenvalue weighted by Gasteiger charge is -2.41. The second kappa shape index (κ2) is 9.26. The number of likely N-dealkylation sites (tertiary alicyclic amines) is 1. The quantitative estimate of drug-likeness (QED) is 0.489. The van der Waals surface area contributed by atoms with Crippen molar-refractivity contribution in [3.63, 3.8) is 0 Å². The fourth-order valence-electron chi connectivity index (χ4n) is 6.81. The smallest absolute Gasteiger partial charge is 0.259 e. The van der Waals surface area contributed by atoms with Crippen LogP contribution < -0.4 is 10.2 Å². The Hall–Kier alpha value is -3.59. The molecule has 1 unspecified atom stereocenters. The molecule has 1 N–H and O–H groups in total. The predicted molar refractivity (Wildman–Crippen MR) is 144 cm³/mol. The van der Waals surface area contributed by atoms with Crippen LogP contribution in [0.1, 0.15) is 72.5 Å². The molecule has 4 aliphatic rings. The average Bonchev–Trinajstić information content (AvgIpc) is 3.49. The normalized spacial score (nSPS) is 23.4. The predicted octanol–water partition coefficient (Wildman–Crippen LogP) is 3.92. The first kappa shape index (κ1) is 24.5. The van der Waals surface area contributed by atoms with E-state index in [4.69, 9.17) is 0 Å². The van der Waals surface area contributed by atoms with E-state index >= 15 is 0 Å². The molecule has 3 fully saturated rings. The van der Waals surface area contributed by atoms with Gasteiger partial charge < -0.3 is 4.90 Å². The summed E-state index contributed by atoms with van der Waals surface area (Å²) in [5.74, 6) is -0.915. The fraction of sp³-hybridized carbons (Fsp3) is 0.467. The summed E-state index contributed by atoms with van der Waals surface area (Å²) in [7, 11) is 0.